The van der Waals surface area contributed by atoms with E-state index in [1.54, 1.807) is 0 Å². The number of nitrogens with one attached hydrogen (secondary N) is 1. The zero-order chi connectivity index (χ0) is 13.2. The number of benzene rings is 1. The number of rotatable bonds is 1. The SMILES string of the molecule is Oc1c(C2CNCCO2)cc2c(c1Br)CCCCC2. The molecule has 2 N–H and O–H groups in total. The van der Waals surface area contributed by atoms with Crippen molar-refractivity contribution in [2.75, 3.05) is 19.7 Å². The number of hydrogen-bond donors (Lipinski definition) is 2. The van der Waals surface area contributed by atoms with Crippen LogP contribution in [-0.4, -0.2) is 24.8 Å². The normalized spacial score (nSPS) is 23.7. The molecule has 1 unspecified atom stereocenters. The van der Waals surface area contributed by atoms with Gasteiger partial charge in [0, 0.05) is 18.7 Å². The van der Waals surface area contributed by atoms with Crippen molar-refractivity contribution in [1.29, 1.82) is 0 Å². The Morgan fingerprint density at radius 1 is 1.26 bits per heavy atom. The van der Waals surface area contributed by atoms with E-state index in [9.17, 15) is 5.11 Å². The van der Waals surface area contributed by atoms with Gasteiger partial charge in [-0.1, -0.05) is 6.42 Å². The second kappa shape index (κ2) is 5.81. The van der Waals surface area contributed by atoms with Crippen LogP contribution in [0.4, 0.5) is 0 Å². The lowest BCUT2D eigenvalue weighted by atomic mass is 9.96. The van der Waals surface area contributed by atoms with E-state index < -0.39 is 0 Å². The molecule has 0 radical (unpaired) electrons. The van der Waals surface area contributed by atoms with Crippen molar-refractivity contribution in [2.45, 2.75) is 38.2 Å². The Morgan fingerprint density at radius 3 is 2.89 bits per heavy atom. The van der Waals surface area contributed by atoms with Gasteiger partial charge in [0.25, 0.3) is 0 Å². The van der Waals surface area contributed by atoms with E-state index in [1.807, 2.05) is 0 Å². The summed E-state index contributed by atoms with van der Waals surface area (Å²) in [5.41, 5.74) is 3.61. The fraction of sp³-hybridized carbons (Fsp3) is 0.600. The first-order valence-electron chi connectivity index (χ1n) is 7.13. The van der Waals surface area contributed by atoms with E-state index in [0.29, 0.717) is 12.4 Å². The maximum Gasteiger partial charge on any atom is 0.135 e. The van der Waals surface area contributed by atoms with Crippen LogP contribution in [0.5, 0.6) is 5.75 Å². The molecule has 104 valence electrons. The molecule has 1 aliphatic heterocycles. The van der Waals surface area contributed by atoms with Crippen molar-refractivity contribution in [3.63, 3.8) is 0 Å². The first kappa shape index (κ1) is 13.4. The summed E-state index contributed by atoms with van der Waals surface area (Å²) in [4.78, 5) is 0. The second-order valence-electron chi connectivity index (χ2n) is 5.39. The molecule has 1 aromatic rings. The van der Waals surface area contributed by atoms with E-state index in [1.165, 1.54) is 30.4 Å². The quantitative estimate of drug-likeness (QED) is 0.780. The minimum Gasteiger partial charge on any atom is -0.506 e. The number of aryl methyl sites for hydroxylation is 1. The molecule has 3 rings (SSSR count). The first-order valence-corrected chi connectivity index (χ1v) is 7.92. The summed E-state index contributed by atoms with van der Waals surface area (Å²) < 4.78 is 6.66. The summed E-state index contributed by atoms with van der Waals surface area (Å²) in [7, 11) is 0. The van der Waals surface area contributed by atoms with Gasteiger partial charge in [0.05, 0.1) is 17.2 Å². The maximum absolute atomic E-state index is 10.4. The highest BCUT2D eigenvalue weighted by atomic mass is 79.9. The fourth-order valence-electron chi connectivity index (χ4n) is 3.05. The van der Waals surface area contributed by atoms with Crippen LogP contribution in [0, 0.1) is 0 Å². The summed E-state index contributed by atoms with van der Waals surface area (Å²) in [6, 6.07) is 2.17. The van der Waals surface area contributed by atoms with Crippen LogP contribution in [0.1, 0.15) is 42.1 Å². The van der Waals surface area contributed by atoms with Gasteiger partial charge in [0.1, 0.15) is 5.75 Å². The Morgan fingerprint density at radius 2 is 2.11 bits per heavy atom. The van der Waals surface area contributed by atoms with E-state index >= 15 is 0 Å². The lowest BCUT2D eigenvalue weighted by Gasteiger charge is -2.26. The Bertz CT molecular complexity index is 470. The van der Waals surface area contributed by atoms with Crippen LogP contribution < -0.4 is 5.32 Å². The highest BCUT2D eigenvalue weighted by Gasteiger charge is 2.24. The summed E-state index contributed by atoms with van der Waals surface area (Å²) in [5, 5.41) is 13.8. The van der Waals surface area contributed by atoms with Gasteiger partial charge in [-0.15, -0.1) is 0 Å². The van der Waals surface area contributed by atoms with Gasteiger partial charge in [0.15, 0.2) is 0 Å². The number of hydrogen-bond acceptors (Lipinski definition) is 3. The predicted molar refractivity (Wildman–Crippen MR) is 78.6 cm³/mol. The molecule has 1 heterocycles. The van der Waals surface area contributed by atoms with E-state index in [4.69, 9.17) is 4.74 Å². The zero-order valence-corrected chi connectivity index (χ0v) is 12.6. The summed E-state index contributed by atoms with van der Waals surface area (Å²) in [5.74, 6) is 0.370. The smallest absolute Gasteiger partial charge is 0.135 e. The van der Waals surface area contributed by atoms with Crippen molar-refractivity contribution in [2.24, 2.45) is 0 Å². The van der Waals surface area contributed by atoms with Gasteiger partial charge in [-0.05, 0) is 58.8 Å². The molecule has 0 spiro atoms. The lowest BCUT2D eigenvalue weighted by Crippen LogP contribution is -2.33. The van der Waals surface area contributed by atoms with Crippen LogP contribution in [0.15, 0.2) is 10.5 Å². The van der Waals surface area contributed by atoms with Crippen molar-refractivity contribution in [1.82, 2.24) is 5.32 Å². The molecule has 1 aromatic carbocycles. The van der Waals surface area contributed by atoms with Crippen molar-refractivity contribution < 1.29 is 9.84 Å². The largest absolute Gasteiger partial charge is 0.506 e. The van der Waals surface area contributed by atoms with Crippen LogP contribution in [0.2, 0.25) is 0 Å². The molecule has 0 amide bonds. The number of fused-ring (bicyclic) bond motifs is 1. The molecule has 1 atom stereocenters. The molecule has 0 aromatic heterocycles. The Hall–Kier alpha value is -0.580. The van der Waals surface area contributed by atoms with Gasteiger partial charge in [-0.2, -0.15) is 0 Å². The topological polar surface area (TPSA) is 41.5 Å². The number of ether oxygens (including phenoxy) is 1. The van der Waals surface area contributed by atoms with Gasteiger partial charge in [-0.25, -0.2) is 0 Å². The summed E-state index contributed by atoms with van der Waals surface area (Å²) >= 11 is 3.59. The van der Waals surface area contributed by atoms with Gasteiger partial charge in [-0.3, -0.25) is 0 Å². The third kappa shape index (κ3) is 2.67. The van der Waals surface area contributed by atoms with Crippen LogP contribution >= 0.6 is 15.9 Å². The van der Waals surface area contributed by atoms with Crippen LogP contribution in [0.3, 0.4) is 0 Å². The minimum absolute atomic E-state index is 0.0291. The molecule has 19 heavy (non-hydrogen) atoms. The highest BCUT2D eigenvalue weighted by Crippen LogP contribution is 2.40. The third-order valence-corrected chi connectivity index (χ3v) is 4.97. The molecule has 1 aliphatic carbocycles. The third-order valence-electron chi connectivity index (χ3n) is 4.11. The number of phenols is 1. The fourth-order valence-corrected chi connectivity index (χ4v) is 3.73. The standard InChI is InChI=1S/C15H20BrNO2/c16-14-11-5-3-1-2-4-10(11)8-12(15(14)18)13-9-17-6-7-19-13/h8,13,17-18H,1-7,9H2. The molecule has 1 saturated heterocycles. The van der Waals surface area contributed by atoms with Crippen molar-refractivity contribution >= 4 is 15.9 Å². The van der Waals surface area contributed by atoms with E-state index in [0.717, 1.165) is 36.0 Å². The average molecular weight is 326 g/mol. The van der Waals surface area contributed by atoms with Gasteiger partial charge < -0.3 is 15.2 Å². The van der Waals surface area contributed by atoms with Crippen LogP contribution in [0.25, 0.3) is 0 Å². The summed E-state index contributed by atoms with van der Waals surface area (Å²) in [6.07, 6.45) is 5.88. The average Bonchev–Trinajstić information content (AvgIpc) is 2.69. The second-order valence-corrected chi connectivity index (χ2v) is 6.18. The maximum atomic E-state index is 10.4. The number of phenolic OH excluding ortho intramolecular Hbond substituents is 1. The zero-order valence-electron chi connectivity index (χ0n) is 11.0. The Balaban J connectivity index is 2.00. The van der Waals surface area contributed by atoms with Crippen molar-refractivity contribution in [3.8, 4) is 5.75 Å². The Kier molecular flexibility index (Phi) is 4.10. The van der Waals surface area contributed by atoms with Gasteiger partial charge >= 0.3 is 0 Å². The Labute approximate surface area is 122 Å². The molecular weight excluding hydrogens is 306 g/mol. The first-order chi connectivity index (χ1) is 9.27. The molecule has 4 heteroatoms. The van der Waals surface area contributed by atoms with Gasteiger partial charge in [0.2, 0.25) is 0 Å². The molecule has 0 saturated carbocycles. The van der Waals surface area contributed by atoms with Crippen molar-refractivity contribution in [3.05, 3.63) is 27.2 Å². The molecule has 0 bridgehead atoms. The lowest BCUT2D eigenvalue weighted by molar-refractivity contribution is 0.0262. The number of aromatic hydroxyl groups is 1. The van der Waals surface area contributed by atoms with Crippen LogP contribution in [-0.2, 0) is 17.6 Å². The number of halogens is 1. The summed E-state index contributed by atoms with van der Waals surface area (Å²) in [6.45, 7) is 2.38. The van der Waals surface area contributed by atoms with E-state index in [-0.39, 0.29) is 6.10 Å². The molecular formula is C15H20BrNO2. The predicted octanol–water partition coefficient (Wildman–Crippen LogP) is 3.08. The monoisotopic (exact) mass is 325 g/mol. The van der Waals surface area contributed by atoms with E-state index in [2.05, 4.69) is 27.3 Å². The molecule has 2 aliphatic rings. The molecule has 3 nitrogen and oxygen atoms in total. The molecule has 1 fully saturated rings. The number of morpholine rings is 1. The highest BCUT2D eigenvalue weighted by molar-refractivity contribution is 9.10. The minimum atomic E-state index is -0.0291.